The molecule has 6 heteroatoms. The van der Waals surface area contributed by atoms with Gasteiger partial charge in [-0.15, -0.1) is 0 Å². The fourth-order valence-electron chi connectivity index (χ4n) is 0.947. The van der Waals surface area contributed by atoms with Crippen LogP contribution in [0.2, 0.25) is 0 Å². The Labute approximate surface area is 71.5 Å². The lowest BCUT2D eigenvalue weighted by Gasteiger charge is -2.06. The third-order valence-corrected chi connectivity index (χ3v) is 1.58. The summed E-state index contributed by atoms with van der Waals surface area (Å²) < 4.78 is 24.5. The topological polar surface area (TPSA) is 73.3 Å². The zero-order chi connectivity index (χ0) is 10.0. The maximum absolute atomic E-state index is 12.2. The molecule has 3 N–H and O–H groups in total. The lowest BCUT2D eigenvalue weighted by molar-refractivity contribution is 0.142. The van der Waals surface area contributed by atoms with E-state index in [1.807, 2.05) is 4.98 Å². The predicted octanol–water partition coefficient (Wildman–Crippen LogP) is 0.510. The third-order valence-electron chi connectivity index (χ3n) is 1.58. The summed E-state index contributed by atoms with van der Waals surface area (Å²) in [7, 11) is 0. The molecule has 0 fully saturated rings. The van der Waals surface area contributed by atoms with Crippen molar-refractivity contribution >= 4 is 0 Å². The minimum Gasteiger partial charge on any atom is -0.503 e. The number of H-pyrrole nitrogens is 1. The Hall–Kier alpha value is -1.43. The molecule has 0 aliphatic heterocycles. The summed E-state index contributed by atoms with van der Waals surface area (Å²) in [5.74, 6) is -1.04. The first-order valence-electron chi connectivity index (χ1n) is 3.40. The highest BCUT2D eigenvalue weighted by Gasteiger charge is 2.19. The van der Waals surface area contributed by atoms with Crippen molar-refractivity contribution in [3.05, 3.63) is 27.7 Å². The van der Waals surface area contributed by atoms with E-state index in [2.05, 4.69) is 0 Å². The standard InChI is InChI=1S/C7H7F2NO3/c8-6(9)4-3(2-11)1-10-7(13)5(4)12/h1,6,11-12H,2H2,(H,10,13). The molecule has 0 aliphatic rings. The van der Waals surface area contributed by atoms with Gasteiger partial charge in [0.25, 0.3) is 12.0 Å². The van der Waals surface area contributed by atoms with Gasteiger partial charge < -0.3 is 15.2 Å². The van der Waals surface area contributed by atoms with Gasteiger partial charge in [-0.05, 0) is 0 Å². The van der Waals surface area contributed by atoms with E-state index < -0.39 is 29.9 Å². The summed E-state index contributed by atoms with van der Waals surface area (Å²) in [6.45, 7) is -0.663. The predicted molar refractivity (Wildman–Crippen MR) is 39.6 cm³/mol. The highest BCUT2D eigenvalue weighted by atomic mass is 19.3. The smallest absolute Gasteiger partial charge is 0.290 e. The number of hydrogen-bond acceptors (Lipinski definition) is 3. The molecule has 1 heterocycles. The van der Waals surface area contributed by atoms with Crippen LogP contribution in [-0.4, -0.2) is 15.2 Å². The number of pyridine rings is 1. The van der Waals surface area contributed by atoms with Gasteiger partial charge in [0.15, 0.2) is 5.75 Å². The number of alkyl halides is 2. The molecule has 1 aromatic rings. The molecular formula is C7H7F2NO3. The van der Waals surface area contributed by atoms with Crippen LogP contribution >= 0.6 is 0 Å². The molecular weight excluding hydrogens is 184 g/mol. The van der Waals surface area contributed by atoms with E-state index in [-0.39, 0.29) is 5.56 Å². The average molecular weight is 191 g/mol. The SMILES string of the molecule is O=c1[nH]cc(CO)c(C(F)F)c1O. The molecule has 0 aromatic carbocycles. The molecule has 0 saturated heterocycles. The highest BCUT2D eigenvalue weighted by molar-refractivity contribution is 5.36. The van der Waals surface area contributed by atoms with Crippen molar-refractivity contribution < 1.29 is 19.0 Å². The van der Waals surface area contributed by atoms with Crippen molar-refractivity contribution in [2.75, 3.05) is 0 Å². The number of aliphatic hydroxyl groups is 1. The first-order valence-corrected chi connectivity index (χ1v) is 3.40. The van der Waals surface area contributed by atoms with E-state index in [4.69, 9.17) is 10.2 Å². The second kappa shape index (κ2) is 3.53. The maximum Gasteiger partial charge on any atom is 0.290 e. The van der Waals surface area contributed by atoms with Crippen molar-refractivity contribution in [3.63, 3.8) is 0 Å². The minimum atomic E-state index is -2.98. The summed E-state index contributed by atoms with van der Waals surface area (Å²) in [5, 5.41) is 17.6. The molecule has 0 amide bonds. The van der Waals surface area contributed by atoms with Gasteiger partial charge in [0.05, 0.1) is 12.2 Å². The summed E-state index contributed by atoms with van der Waals surface area (Å²) in [5.41, 5.74) is -1.99. The van der Waals surface area contributed by atoms with E-state index in [1.54, 1.807) is 0 Å². The summed E-state index contributed by atoms with van der Waals surface area (Å²) in [6.07, 6.45) is -2.03. The molecule has 0 unspecified atom stereocenters. The Balaban J connectivity index is 3.41. The molecule has 0 radical (unpaired) electrons. The van der Waals surface area contributed by atoms with E-state index in [9.17, 15) is 13.6 Å². The number of aromatic hydroxyl groups is 1. The number of aromatic nitrogens is 1. The first-order chi connectivity index (χ1) is 6.07. The molecule has 0 aliphatic carbocycles. The zero-order valence-corrected chi connectivity index (χ0v) is 6.42. The number of nitrogens with one attached hydrogen (secondary N) is 1. The highest BCUT2D eigenvalue weighted by Crippen LogP contribution is 2.27. The lowest BCUT2D eigenvalue weighted by atomic mass is 10.1. The maximum atomic E-state index is 12.2. The van der Waals surface area contributed by atoms with Crippen LogP contribution in [0.1, 0.15) is 17.6 Å². The van der Waals surface area contributed by atoms with Gasteiger partial charge >= 0.3 is 0 Å². The Morgan fingerprint density at radius 1 is 1.54 bits per heavy atom. The van der Waals surface area contributed by atoms with Gasteiger partial charge in [-0.25, -0.2) is 8.78 Å². The molecule has 0 bridgehead atoms. The molecule has 72 valence electrons. The van der Waals surface area contributed by atoms with Crippen LogP contribution in [0.3, 0.4) is 0 Å². The van der Waals surface area contributed by atoms with Crippen LogP contribution in [0.4, 0.5) is 8.78 Å². The van der Waals surface area contributed by atoms with Crippen LogP contribution in [0.25, 0.3) is 0 Å². The summed E-state index contributed by atoms with van der Waals surface area (Å²) >= 11 is 0. The average Bonchev–Trinajstić information content (AvgIpc) is 2.08. The van der Waals surface area contributed by atoms with E-state index in [0.717, 1.165) is 6.20 Å². The number of hydrogen-bond donors (Lipinski definition) is 3. The number of aromatic amines is 1. The summed E-state index contributed by atoms with van der Waals surface area (Å²) in [4.78, 5) is 12.7. The molecule has 0 saturated carbocycles. The Morgan fingerprint density at radius 2 is 2.15 bits per heavy atom. The first kappa shape index (κ1) is 9.66. The zero-order valence-electron chi connectivity index (χ0n) is 6.42. The van der Waals surface area contributed by atoms with Gasteiger partial charge in [0.2, 0.25) is 0 Å². The quantitative estimate of drug-likeness (QED) is 0.637. The fourth-order valence-corrected chi connectivity index (χ4v) is 0.947. The normalized spacial score (nSPS) is 10.8. The molecule has 4 nitrogen and oxygen atoms in total. The lowest BCUT2D eigenvalue weighted by Crippen LogP contribution is -2.10. The van der Waals surface area contributed by atoms with Crippen LogP contribution in [0, 0.1) is 0 Å². The summed E-state index contributed by atoms with van der Waals surface area (Å²) in [6, 6.07) is 0. The van der Waals surface area contributed by atoms with Gasteiger partial charge in [-0.1, -0.05) is 0 Å². The van der Waals surface area contributed by atoms with Gasteiger partial charge in [-0.3, -0.25) is 4.79 Å². The van der Waals surface area contributed by atoms with Gasteiger partial charge in [-0.2, -0.15) is 0 Å². The Morgan fingerprint density at radius 3 is 2.62 bits per heavy atom. The second-order valence-electron chi connectivity index (χ2n) is 2.36. The third kappa shape index (κ3) is 1.67. The molecule has 1 aromatic heterocycles. The number of halogens is 2. The van der Waals surface area contributed by atoms with E-state index >= 15 is 0 Å². The molecule has 1 rings (SSSR count). The monoisotopic (exact) mass is 191 g/mol. The van der Waals surface area contributed by atoms with Crippen molar-refractivity contribution in [2.24, 2.45) is 0 Å². The van der Waals surface area contributed by atoms with Crippen molar-refractivity contribution in [3.8, 4) is 5.75 Å². The van der Waals surface area contributed by atoms with Crippen molar-refractivity contribution in [2.45, 2.75) is 13.0 Å². The Bertz CT molecular complexity index is 361. The van der Waals surface area contributed by atoms with Gasteiger partial charge in [0.1, 0.15) is 0 Å². The van der Waals surface area contributed by atoms with Crippen LogP contribution in [-0.2, 0) is 6.61 Å². The molecule has 0 spiro atoms. The van der Waals surface area contributed by atoms with Crippen molar-refractivity contribution in [1.29, 1.82) is 0 Å². The number of aliphatic hydroxyl groups excluding tert-OH is 1. The number of rotatable bonds is 2. The molecule has 0 atom stereocenters. The Kier molecular flexibility index (Phi) is 2.62. The van der Waals surface area contributed by atoms with Crippen LogP contribution < -0.4 is 5.56 Å². The van der Waals surface area contributed by atoms with Crippen molar-refractivity contribution in [1.82, 2.24) is 4.98 Å². The molecule has 13 heavy (non-hydrogen) atoms. The largest absolute Gasteiger partial charge is 0.503 e. The fraction of sp³-hybridized carbons (Fsp3) is 0.286. The van der Waals surface area contributed by atoms with Crippen LogP contribution in [0.5, 0.6) is 5.75 Å². The van der Waals surface area contributed by atoms with Gasteiger partial charge in [0, 0.05) is 11.8 Å². The van der Waals surface area contributed by atoms with E-state index in [0.29, 0.717) is 0 Å². The van der Waals surface area contributed by atoms with Crippen LogP contribution in [0.15, 0.2) is 11.0 Å². The minimum absolute atomic E-state index is 0.188. The van der Waals surface area contributed by atoms with E-state index in [1.165, 1.54) is 0 Å². The second-order valence-corrected chi connectivity index (χ2v) is 2.36.